The highest BCUT2D eigenvalue weighted by molar-refractivity contribution is 6.28. The number of carbonyl (C=O) groups is 2. The molecule has 0 radical (unpaired) electrons. The molecule has 13 heteroatoms. The van der Waals surface area contributed by atoms with E-state index in [0.29, 0.717) is 5.56 Å². The van der Waals surface area contributed by atoms with Crippen LogP contribution in [0.4, 0.5) is 10.2 Å². The summed E-state index contributed by atoms with van der Waals surface area (Å²) in [7, 11) is 0. The fraction of sp³-hybridized carbons (Fsp3) is 0.480. The van der Waals surface area contributed by atoms with Crippen LogP contribution in [0.3, 0.4) is 0 Å². The fourth-order valence-corrected chi connectivity index (χ4v) is 4.44. The zero-order chi connectivity index (χ0) is 27.4. The summed E-state index contributed by atoms with van der Waals surface area (Å²) in [4.78, 5) is 38.4. The van der Waals surface area contributed by atoms with Crippen molar-refractivity contribution in [2.24, 2.45) is 0 Å². The van der Waals surface area contributed by atoms with Crippen LogP contribution in [-0.4, -0.2) is 69.2 Å². The molecule has 3 aromatic rings. The van der Waals surface area contributed by atoms with Crippen LogP contribution in [0.15, 0.2) is 30.6 Å². The van der Waals surface area contributed by atoms with Gasteiger partial charge in [-0.15, -0.1) is 0 Å². The number of hydrogen-bond donors (Lipinski definition) is 1. The van der Waals surface area contributed by atoms with Gasteiger partial charge in [0.1, 0.15) is 11.7 Å². The molecular formula is C25H29ClFN5O6. The lowest BCUT2D eigenvalue weighted by atomic mass is 9.93. The smallest absolute Gasteiger partial charge is 0.350 e. The average Bonchev–Trinajstić information content (AvgIpc) is 3.46. The molecule has 0 saturated carbocycles. The maximum Gasteiger partial charge on any atom is 0.350 e. The number of nitrogens with two attached hydrogens (primary N) is 1. The molecule has 0 bridgehead atoms. The molecule has 2 N–H and O–H groups in total. The first-order chi connectivity index (χ1) is 18.2. The van der Waals surface area contributed by atoms with Crippen molar-refractivity contribution in [2.45, 2.75) is 57.7 Å². The van der Waals surface area contributed by atoms with E-state index in [-0.39, 0.29) is 54.9 Å². The zero-order valence-electron chi connectivity index (χ0n) is 21.2. The van der Waals surface area contributed by atoms with Gasteiger partial charge in [-0.3, -0.25) is 4.57 Å². The molecule has 1 fully saturated rings. The predicted octanol–water partition coefficient (Wildman–Crippen LogP) is 3.12. The van der Waals surface area contributed by atoms with E-state index in [1.165, 1.54) is 10.9 Å². The molecule has 3 heterocycles. The van der Waals surface area contributed by atoms with Crippen LogP contribution in [-0.2, 0) is 35.0 Å². The standard InChI is InChI=1S/C25H29ClFN5O6/c1-4-35-22(33)25(23(34)36-5-2,11-15-8-6-14(3)7-9-15)37-12-16-10-17(27)21(38-16)32-13-29-18-19(28)30-24(26)31-20(18)32/h6-9,13,16-17,21H,4-5,10-12H2,1-3H3,(H2,28,30,31). The molecule has 2 aromatic heterocycles. The SMILES string of the molecule is CCOC(=O)C(Cc1ccc(C)cc1)(OCC1CC(F)C(n2cnc3c(N)nc(Cl)nc32)O1)C(=O)OCC. The maximum absolute atomic E-state index is 15.2. The minimum absolute atomic E-state index is 0.0209. The van der Waals surface area contributed by atoms with Crippen molar-refractivity contribution in [3.05, 3.63) is 47.0 Å². The van der Waals surface area contributed by atoms with E-state index in [9.17, 15) is 9.59 Å². The van der Waals surface area contributed by atoms with Crippen LogP contribution >= 0.6 is 11.6 Å². The Labute approximate surface area is 223 Å². The Hall–Kier alpha value is -3.35. The number of nitrogens with zero attached hydrogens (tertiary/aromatic N) is 4. The van der Waals surface area contributed by atoms with Gasteiger partial charge in [0.2, 0.25) is 5.28 Å². The number of fused-ring (bicyclic) bond motifs is 1. The van der Waals surface area contributed by atoms with E-state index >= 15 is 4.39 Å². The molecule has 11 nitrogen and oxygen atoms in total. The van der Waals surface area contributed by atoms with E-state index in [4.69, 9.17) is 36.3 Å². The quantitative estimate of drug-likeness (QED) is 0.228. The number of alkyl halides is 1. The number of aryl methyl sites for hydroxylation is 1. The number of hydrogen-bond acceptors (Lipinski definition) is 10. The third-order valence-electron chi connectivity index (χ3n) is 6.12. The minimum atomic E-state index is -2.11. The summed E-state index contributed by atoms with van der Waals surface area (Å²) < 4.78 is 38.9. The summed E-state index contributed by atoms with van der Waals surface area (Å²) in [6.07, 6.45) is -2.29. The number of ether oxygens (including phenoxy) is 4. The summed E-state index contributed by atoms with van der Waals surface area (Å²) in [5.74, 6) is -1.74. The van der Waals surface area contributed by atoms with E-state index in [2.05, 4.69) is 15.0 Å². The topological polar surface area (TPSA) is 141 Å². The lowest BCUT2D eigenvalue weighted by molar-refractivity contribution is -0.195. The van der Waals surface area contributed by atoms with Crippen molar-refractivity contribution < 1.29 is 32.9 Å². The van der Waals surface area contributed by atoms with E-state index in [1.807, 2.05) is 19.1 Å². The van der Waals surface area contributed by atoms with Crippen LogP contribution in [0.1, 0.15) is 37.6 Å². The Morgan fingerprint density at radius 2 is 1.84 bits per heavy atom. The number of rotatable bonds is 10. The van der Waals surface area contributed by atoms with Crippen molar-refractivity contribution >= 4 is 40.5 Å². The van der Waals surface area contributed by atoms with Gasteiger partial charge in [0.05, 0.1) is 32.3 Å². The molecule has 1 aromatic carbocycles. The van der Waals surface area contributed by atoms with Crippen LogP contribution in [0, 0.1) is 6.92 Å². The number of anilines is 1. The summed E-state index contributed by atoms with van der Waals surface area (Å²) >= 11 is 5.92. The molecule has 0 spiro atoms. The van der Waals surface area contributed by atoms with Crippen LogP contribution in [0.5, 0.6) is 0 Å². The summed E-state index contributed by atoms with van der Waals surface area (Å²) in [6, 6.07) is 7.28. The molecule has 3 unspecified atom stereocenters. The molecule has 3 atom stereocenters. The van der Waals surface area contributed by atoms with E-state index < -0.39 is 36.0 Å². The number of aromatic nitrogens is 4. The Balaban J connectivity index is 1.58. The number of carbonyl (C=O) groups excluding carboxylic acids is 2. The molecule has 1 aliphatic rings. The van der Waals surface area contributed by atoms with Crippen molar-refractivity contribution in [3.63, 3.8) is 0 Å². The Morgan fingerprint density at radius 1 is 1.18 bits per heavy atom. The van der Waals surface area contributed by atoms with Crippen molar-refractivity contribution in [1.29, 1.82) is 0 Å². The number of esters is 2. The van der Waals surface area contributed by atoms with Gasteiger partial charge >= 0.3 is 11.9 Å². The second-order valence-corrected chi connectivity index (χ2v) is 9.18. The second-order valence-electron chi connectivity index (χ2n) is 8.84. The zero-order valence-corrected chi connectivity index (χ0v) is 22.0. The first kappa shape index (κ1) is 27.7. The van der Waals surface area contributed by atoms with Crippen molar-refractivity contribution in [3.8, 4) is 0 Å². The highest BCUT2D eigenvalue weighted by atomic mass is 35.5. The molecule has 38 heavy (non-hydrogen) atoms. The van der Waals surface area contributed by atoms with Crippen LogP contribution in [0.2, 0.25) is 5.28 Å². The molecule has 1 saturated heterocycles. The predicted molar refractivity (Wildman–Crippen MR) is 135 cm³/mol. The molecule has 1 aliphatic heterocycles. The summed E-state index contributed by atoms with van der Waals surface area (Å²) in [5.41, 5.74) is 5.88. The van der Waals surface area contributed by atoms with Crippen LogP contribution < -0.4 is 5.73 Å². The largest absolute Gasteiger partial charge is 0.463 e. The molecular weight excluding hydrogens is 521 g/mol. The number of halogens is 2. The molecule has 0 amide bonds. The van der Waals surface area contributed by atoms with Gasteiger partial charge < -0.3 is 24.7 Å². The highest BCUT2D eigenvalue weighted by Crippen LogP contribution is 2.35. The second kappa shape index (κ2) is 11.6. The Bertz CT molecular complexity index is 1290. The number of benzene rings is 1. The summed E-state index contributed by atoms with van der Waals surface area (Å²) in [6.45, 7) is 4.92. The molecule has 204 valence electrons. The molecule has 0 aliphatic carbocycles. The van der Waals surface area contributed by atoms with Gasteiger partial charge in [-0.1, -0.05) is 29.8 Å². The number of imidazole rings is 1. The third-order valence-corrected chi connectivity index (χ3v) is 6.29. The Kier molecular flexibility index (Phi) is 8.44. The summed E-state index contributed by atoms with van der Waals surface area (Å²) in [5, 5.41) is -0.116. The van der Waals surface area contributed by atoms with Gasteiger partial charge in [0.15, 0.2) is 17.7 Å². The normalized spacial score (nSPS) is 19.6. The fourth-order valence-electron chi connectivity index (χ4n) is 4.27. The monoisotopic (exact) mass is 549 g/mol. The third kappa shape index (κ3) is 5.57. The van der Waals surface area contributed by atoms with Gasteiger partial charge in [-0.05, 0) is 37.9 Å². The molecule has 4 rings (SSSR count). The minimum Gasteiger partial charge on any atom is -0.463 e. The first-order valence-electron chi connectivity index (χ1n) is 12.2. The van der Waals surface area contributed by atoms with E-state index in [1.54, 1.807) is 26.0 Å². The van der Waals surface area contributed by atoms with Gasteiger partial charge in [0.25, 0.3) is 5.60 Å². The van der Waals surface area contributed by atoms with Crippen LogP contribution in [0.25, 0.3) is 11.2 Å². The van der Waals surface area contributed by atoms with Gasteiger partial charge in [-0.25, -0.2) is 19.0 Å². The van der Waals surface area contributed by atoms with Crippen molar-refractivity contribution in [1.82, 2.24) is 19.5 Å². The van der Waals surface area contributed by atoms with Gasteiger partial charge in [-0.2, -0.15) is 9.97 Å². The lowest BCUT2D eigenvalue weighted by Crippen LogP contribution is -2.54. The average molecular weight is 550 g/mol. The number of nitrogen functional groups attached to an aromatic ring is 1. The first-order valence-corrected chi connectivity index (χ1v) is 12.5. The highest BCUT2D eigenvalue weighted by Gasteiger charge is 2.52. The maximum atomic E-state index is 15.2. The van der Waals surface area contributed by atoms with Gasteiger partial charge in [0, 0.05) is 12.8 Å². The van der Waals surface area contributed by atoms with Crippen molar-refractivity contribution in [2.75, 3.05) is 25.6 Å². The Morgan fingerprint density at radius 3 is 2.47 bits per heavy atom. The lowest BCUT2D eigenvalue weighted by Gasteiger charge is -2.30. The van der Waals surface area contributed by atoms with E-state index in [0.717, 1.165) is 5.56 Å².